The maximum atomic E-state index is 13.9. The topological polar surface area (TPSA) is 59.1 Å². The van der Waals surface area contributed by atoms with Crippen LogP contribution in [0.2, 0.25) is 0 Å². The zero-order valence-electron chi connectivity index (χ0n) is 12.2. The van der Waals surface area contributed by atoms with Gasteiger partial charge < -0.3 is 10.5 Å². The quantitative estimate of drug-likeness (QED) is 0.648. The van der Waals surface area contributed by atoms with E-state index in [0.29, 0.717) is 17.0 Å². The summed E-state index contributed by atoms with van der Waals surface area (Å²) < 4.78 is 19.5. The Morgan fingerprint density at radius 3 is 2.62 bits per heavy atom. The van der Waals surface area contributed by atoms with Crippen LogP contribution in [0.25, 0.3) is 0 Å². The highest BCUT2D eigenvalue weighted by atomic mass is 19.1. The van der Waals surface area contributed by atoms with Crippen molar-refractivity contribution in [1.29, 1.82) is 5.41 Å². The largest absolute Gasteiger partial charge is 0.489 e. The molecule has 0 saturated heterocycles. The number of nitrogens with two attached hydrogens (primary N) is 1. The molecule has 2 aromatic rings. The Hall–Kier alpha value is -2.36. The first kappa shape index (κ1) is 15.0. The lowest BCUT2D eigenvalue weighted by atomic mass is 10.0. The van der Waals surface area contributed by atoms with E-state index in [1.165, 1.54) is 11.6 Å². The summed E-state index contributed by atoms with van der Waals surface area (Å²) in [4.78, 5) is 0. The number of ether oxygens (including phenoxy) is 1. The lowest BCUT2D eigenvalue weighted by Crippen LogP contribution is -2.12. The van der Waals surface area contributed by atoms with Crippen LogP contribution >= 0.6 is 0 Å². The van der Waals surface area contributed by atoms with Gasteiger partial charge in [-0.05, 0) is 29.7 Å². The van der Waals surface area contributed by atoms with Crippen LogP contribution in [0.4, 0.5) is 4.39 Å². The lowest BCUT2D eigenvalue weighted by Gasteiger charge is -2.11. The van der Waals surface area contributed by atoms with Crippen molar-refractivity contribution < 1.29 is 9.13 Å². The van der Waals surface area contributed by atoms with Gasteiger partial charge in [-0.25, -0.2) is 4.39 Å². The molecule has 110 valence electrons. The van der Waals surface area contributed by atoms with Gasteiger partial charge >= 0.3 is 0 Å². The smallest absolute Gasteiger partial charge is 0.130 e. The fraction of sp³-hybridized carbons (Fsp3) is 0.235. The molecule has 2 rings (SSSR count). The third-order valence-electron chi connectivity index (χ3n) is 3.28. The molecule has 3 N–H and O–H groups in total. The van der Waals surface area contributed by atoms with E-state index in [4.69, 9.17) is 15.9 Å². The Kier molecular flexibility index (Phi) is 4.58. The Morgan fingerprint density at radius 2 is 2.00 bits per heavy atom. The van der Waals surface area contributed by atoms with E-state index in [1.807, 2.05) is 24.3 Å². The summed E-state index contributed by atoms with van der Waals surface area (Å²) in [5.74, 6) is 0.574. The molecule has 0 fully saturated rings. The van der Waals surface area contributed by atoms with E-state index in [9.17, 15) is 4.39 Å². The van der Waals surface area contributed by atoms with Crippen LogP contribution in [-0.2, 0) is 6.61 Å². The second-order valence-electron chi connectivity index (χ2n) is 5.24. The zero-order valence-corrected chi connectivity index (χ0v) is 12.2. The van der Waals surface area contributed by atoms with Gasteiger partial charge in [0, 0.05) is 11.1 Å². The Labute approximate surface area is 124 Å². The normalized spacial score (nSPS) is 10.7. The molecule has 0 saturated carbocycles. The SMILES string of the molecule is CC(C)c1cccc(OCc2ccc(C(=N)N)cc2F)c1. The van der Waals surface area contributed by atoms with Crippen LogP contribution in [0.1, 0.15) is 36.5 Å². The molecule has 0 amide bonds. The van der Waals surface area contributed by atoms with Gasteiger partial charge in [-0.3, -0.25) is 5.41 Å². The molecule has 0 atom stereocenters. The maximum absolute atomic E-state index is 13.9. The number of hydrogen-bond donors (Lipinski definition) is 2. The number of rotatable bonds is 5. The van der Waals surface area contributed by atoms with Gasteiger partial charge in [-0.15, -0.1) is 0 Å². The van der Waals surface area contributed by atoms with Gasteiger partial charge in [-0.2, -0.15) is 0 Å². The van der Waals surface area contributed by atoms with Crippen molar-refractivity contribution >= 4 is 5.84 Å². The highest BCUT2D eigenvalue weighted by molar-refractivity contribution is 5.94. The summed E-state index contributed by atoms with van der Waals surface area (Å²) in [6, 6.07) is 12.3. The molecule has 3 nitrogen and oxygen atoms in total. The number of benzene rings is 2. The molecule has 0 radical (unpaired) electrons. The summed E-state index contributed by atoms with van der Waals surface area (Å²) in [6.07, 6.45) is 0. The molecule has 0 bridgehead atoms. The second-order valence-corrected chi connectivity index (χ2v) is 5.24. The Morgan fingerprint density at radius 1 is 1.24 bits per heavy atom. The summed E-state index contributed by atoms with van der Waals surface area (Å²) in [5, 5.41) is 7.28. The third kappa shape index (κ3) is 3.81. The fourth-order valence-corrected chi connectivity index (χ4v) is 1.96. The van der Waals surface area contributed by atoms with Crippen molar-refractivity contribution in [2.45, 2.75) is 26.4 Å². The van der Waals surface area contributed by atoms with E-state index in [-0.39, 0.29) is 12.4 Å². The highest BCUT2D eigenvalue weighted by Crippen LogP contribution is 2.21. The van der Waals surface area contributed by atoms with Crippen molar-refractivity contribution in [3.63, 3.8) is 0 Å². The van der Waals surface area contributed by atoms with E-state index < -0.39 is 5.82 Å². The van der Waals surface area contributed by atoms with Gasteiger partial charge in [0.2, 0.25) is 0 Å². The van der Waals surface area contributed by atoms with Crippen LogP contribution in [0.15, 0.2) is 42.5 Å². The predicted molar refractivity (Wildman–Crippen MR) is 82.3 cm³/mol. The van der Waals surface area contributed by atoms with Crippen LogP contribution in [0.5, 0.6) is 5.75 Å². The van der Waals surface area contributed by atoms with Gasteiger partial charge in [0.05, 0.1) is 0 Å². The second kappa shape index (κ2) is 6.39. The molecule has 4 heteroatoms. The standard InChI is InChI=1S/C17H19FN2O/c1-11(2)12-4-3-5-15(8-12)21-10-14-7-6-13(17(19)20)9-16(14)18/h3-9,11H,10H2,1-2H3,(H3,19,20). The van der Waals surface area contributed by atoms with Crippen molar-refractivity contribution in [1.82, 2.24) is 0 Å². The lowest BCUT2D eigenvalue weighted by molar-refractivity contribution is 0.299. The average Bonchev–Trinajstić information content (AvgIpc) is 2.46. The molecule has 0 aliphatic rings. The van der Waals surface area contributed by atoms with Gasteiger partial charge in [0.1, 0.15) is 24.0 Å². The van der Waals surface area contributed by atoms with E-state index >= 15 is 0 Å². The summed E-state index contributed by atoms with van der Waals surface area (Å²) in [6.45, 7) is 4.37. The zero-order chi connectivity index (χ0) is 15.4. The molecule has 0 unspecified atom stereocenters. The maximum Gasteiger partial charge on any atom is 0.130 e. The monoisotopic (exact) mass is 286 g/mol. The highest BCUT2D eigenvalue weighted by Gasteiger charge is 2.07. The minimum Gasteiger partial charge on any atom is -0.489 e. The predicted octanol–water partition coefficient (Wildman–Crippen LogP) is 3.81. The summed E-state index contributed by atoms with van der Waals surface area (Å²) >= 11 is 0. The number of nitrogen functional groups attached to an aromatic ring is 1. The number of nitrogens with one attached hydrogen (secondary N) is 1. The third-order valence-corrected chi connectivity index (χ3v) is 3.28. The van der Waals surface area contributed by atoms with Crippen LogP contribution in [0, 0.1) is 11.2 Å². The van der Waals surface area contributed by atoms with Crippen LogP contribution < -0.4 is 10.5 Å². The first-order valence-electron chi connectivity index (χ1n) is 6.83. The minimum atomic E-state index is -0.414. The van der Waals surface area contributed by atoms with E-state index in [1.54, 1.807) is 12.1 Å². The summed E-state index contributed by atoms with van der Waals surface area (Å²) in [5.41, 5.74) is 7.32. The Bertz CT molecular complexity index is 653. The van der Waals surface area contributed by atoms with Gasteiger partial charge in [-0.1, -0.05) is 38.1 Å². The molecule has 0 aliphatic heterocycles. The molecule has 0 aromatic heterocycles. The van der Waals surface area contributed by atoms with Crippen LogP contribution in [0.3, 0.4) is 0 Å². The molecule has 0 spiro atoms. The van der Waals surface area contributed by atoms with Crippen LogP contribution in [-0.4, -0.2) is 5.84 Å². The first-order chi connectivity index (χ1) is 9.97. The molecule has 2 aromatic carbocycles. The van der Waals surface area contributed by atoms with Gasteiger partial charge in [0.25, 0.3) is 0 Å². The fourth-order valence-electron chi connectivity index (χ4n) is 1.96. The molecular formula is C17H19FN2O. The molecular weight excluding hydrogens is 267 g/mol. The molecule has 0 heterocycles. The minimum absolute atomic E-state index is 0.144. The first-order valence-corrected chi connectivity index (χ1v) is 6.83. The number of amidine groups is 1. The number of halogens is 1. The number of hydrogen-bond acceptors (Lipinski definition) is 2. The van der Waals surface area contributed by atoms with Crippen molar-refractivity contribution in [3.05, 3.63) is 65.0 Å². The van der Waals surface area contributed by atoms with Crippen molar-refractivity contribution in [3.8, 4) is 5.75 Å². The summed E-state index contributed by atoms with van der Waals surface area (Å²) in [7, 11) is 0. The van der Waals surface area contributed by atoms with E-state index in [2.05, 4.69) is 13.8 Å². The van der Waals surface area contributed by atoms with Crippen molar-refractivity contribution in [2.75, 3.05) is 0 Å². The van der Waals surface area contributed by atoms with Gasteiger partial charge in [0.15, 0.2) is 0 Å². The van der Waals surface area contributed by atoms with E-state index in [0.717, 1.165) is 5.75 Å². The van der Waals surface area contributed by atoms with Crippen molar-refractivity contribution in [2.24, 2.45) is 5.73 Å². The molecule has 21 heavy (non-hydrogen) atoms. The average molecular weight is 286 g/mol. The molecule has 0 aliphatic carbocycles. The Balaban J connectivity index is 2.09.